The minimum absolute atomic E-state index is 0.297. The van der Waals surface area contributed by atoms with Crippen LogP contribution < -0.4 is 0 Å². The van der Waals surface area contributed by atoms with Crippen molar-refractivity contribution < 1.29 is 9.53 Å². The summed E-state index contributed by atoms with van der Waals surface area (Å²) in [6.07, 6.45) is 0.912. The molecular formula is C9H15N3O2. The average Bonchev–Trinajstić information content (AvgIpc) is 2.48. The van der Waals surface area contributed by atoms with Crippen LogP contribution in [0, 0.1) is 6.92 Å². The third-order valence-corrected chi connectivity index (χ3v) is 1.67. The highest BCUT2D eigenvalue weighted by Gasteiger charge is 2.16. The third kappa shape index (κ3) is 2.31. The molecule has 0 saturated heterocycles. The first-order valence-corrected chi connectivity index (χ1v) is 4.77. The van der Waals surface area contributed by atoms with Gasteiger partial charge in [0.05, 0.1) is 6.61 Å². The predicted octanol–water partition coefficient (Wildman–Crippen LogP) is 1.17. The summed E-state index contributed by atoms with van der Waals surface area (Å²) in [5, 5.41) is 4.11. The van der Waals surface area contributed by atoms with Crippen LogP contribution in [0.5, 0.6) is 0 Å². The van der Waals surface area contributed by atoms with Crippen molar-refractivity contribution in [1.82, 2.24) is 14.8 Å². The Labute approximate surface area is 83.1 Å². The maximum atomic E-state index is 11.4. The van der Waals surface area contributed by atoms with E-state index in [0.717, 1.165) is 6.42 Å². The molecule has 0 saturated carbocycles. The molecule has 78 valence electrons. The molecule has 5 nitrogen and oxygen atoms in total. The lowest BCUT2D eigenvalue weighted by Gasteiger charge is -2.02. The molecule has 0 fully saturated rings. The Bertz CT molecular complexity index is 320. The van der Waals surface area contributed by atoms with Gasteiger partial charge in [-0.25, -0.2) is 14.5 Å². The summed E-state index contributed by atoms with van der Waals surface area (Å²) in [7, 11) is 0. The van der Waals surface area contributed by atoms with E-state index in [2.05, 4.69) is 10.1 Å². The number of esters is 1. The molecular weight excluding hydrogens is 182 g/mol. The molecule has 1 aromatic rings. The van der Waals surface area contributed by atoms with Gasteiger partial charge in [-0.1, -0.05) is 6.92 Å². The number of hydrogen-bond donors (Lipinski definition) is 0. The first kappa shape index (κ1) is 10.7. The lowest BCUT2D eigenvalue weighted by molar-refractivity contribution is 0.0504. The fraction of sp³-hybridized carbons (Fsp3) is 0.667. The van der Waals surface area contributed by atoms with Crippen LogP contribution in [0.25, 0.3) is 0 Å². The fourth-order valence-corrected chi connectivity index (χ4v) is 1.17. The van der Waals surface area contributed by atoms with Gasteiger partial charge in [0.25, 0.3) is 0 Å². The Balaban J connectivity index is 2.88. The number of aromatic nitrogens is 3. The summed E-state index contributed by atoms with van der Waals surface area (Å²) in [5.41, 5.74) is 0. The van der Waals surface area contributed by atoms with E-state index >= 15 is 0 Å². The number of carbonyl (C=O) groups is 1. The Hall–Kier alpha value is -1.39. The van der Waals surface area contributed by atoms with E-state index < -0.39 is 5.97 Å². The highest BCUT2D eigenvalue weighted by atomic mass is 16.5. The van der Waals surface area contributed by atoms with Gasteiger partial charge in [0.2, 0.25) is 5.82 Å². The van der Waals surface area contributed by atoms with Crippen LogP contribution in [0.4, 0.5) is 0 Å². The lowest BCUT2D eigenvalue weighted by atomic mass is 10.5. The number of ether oxygens (including phenoxy) is 1. The van der Waals surface area contributed by atoms with Crippen LogP contribution in [0.2, 0.25) is 0 Å². The molecule has 0 amide bonds. The number of rotatable bonds is 4. The molecule has 1 heterocycles. The van der Waals surface area contributed by atoms with Crippen molar-refractivity contribution in [2.24, 2.45) is 0 Å². The topological polar surface area (TPSA) is 57.0 Å². The molecule has 0 aliphatic rings. The second-order valence-electron chi connectivity index (χ2n) is 2.93. The molecule has 5 heteroatoms. The second kappa shape index (κ2) is 4.74. The summed E-state index contributed by atoms with van der Waals surface area (Å²) in [4.78, 5) is 15.4. The Morgan fingerprint density at radius 1 is 1.50 bits per heavy atom. The average molecular weight is 197 g/mol. The van der Waals surface area contributed by atoms with Crippen LogP contribution in [0.15, 0.2) is 0 Å². The van der Waals surface area contributed by atoms with Gasteiger partial charge in [0.15, 0.2) is 0 Å². The minimum atomic E-state index is -0.401. The van der Waals surface area contributed by atoms with Gasteiger partial charge in [-0.15, -0.1) is 0 Å². The van der Waals surface area contributed by atoms with Gasteiger partial charge in [0, 0.05) is 6.54 Å². The van der Waals surface area contributed by atoms with Crippen LogP contribution in [-0.2, 0) is 11.3 Å². The molecule has 1 aromatic heterocycles. The maximum absolute atomic E-state index is 11.4. The SMILES string of the molecule is CCCn1nc(C)nc1C(=O)OCC. The van der Waals surface area contributed by atoms with Crippen molar-refractivity contribution in [1.29, 1.82) is 0 Å². The van der Waals surface area contributed by atoms with Crippen molar-refractivity contribution >= 4 is 5.97 Å². The first-order chi connectivity index (χ1) is 6.69. The largest absolute Gasteiger partial charge is 0.460 e. The lowest BCUT2D eigenvalue weighted by Crippen LogP contribution is -2.14. The van der Waals surface area contributed by atoms with E-state index in [1.807, 2.05) is 6.92 Å². The highest BCUT2D eigenvalue weighted by Crippen LogP contribution is 2.01. The van der Waals surface area contributed by atoms with Crippen molar-refractivity contribution in [3.63, 3.8) is 0 Å². The smallest absolute Gasteiger partial charge is 0.376 e. The van der Waals surface area contributed by atoms with E-state index in [-0.39, 0.29) is 0 Å². The molecule has 0 atom stereocenters. The van der Waals surface area contributed by atoms with Crippen molar-refractivity contribution in [3.05, 3.63) is 11.6 Å². The predicted molar refractivity (Wildman–Crippen MR) is 51.0 cm³/mol. The van der Waals surface area contributed by atoms with E-state index in [0.29, 0.717) is 24.8 Å². The highest BCUT2D eigenvalue weighted by molar-refractivity contribution is 5.85. The van der Waals surface area contributed by atoms with Gasteiger partial charge in [-0.3, -0.25) is 0 Å². The van der Waals surface area contributed by atoms with E-state index in [9.17, 15) is 4.79 Å². The van der Waals surface area contributed by atoms with Gasteiger partial charge in [-0.2, -0.15) is 5.10 Å². The van der Waals surface area contributed by atoms with Crippen molar-refractivity contribution in [2.75, 3.05) is 6.61 Å². The van der Waals surface area contributed by atoms with Crippen molar-refractivity contribution in [3.8, 4) is 0 Å². The van der Waals surface area contributed by atoms with Gasteiger partial charge < -0.3 is 4.74 Å². The quantitative estimate of drug-likeness (QED) is 0.680. The van der Waals surface area contributed by atoms with Gasteiger partial charge in [0.1, 0.15) is 5.82 Å². The summed E-state index contributed by atoms with van der Waals surface area (Å²) >= 11 is 0. The summed E-state index contributed by atoms with van der Waals surface area (Å²) < 4.78 is 6.46. The van der Waals surface area contributed by atoms with Crippen LogP contribution in [-0.4, -0.2) is 27.3 Å². The molecule has 14 heavy (non-hydrogen) atoms. The Morgan fingerprint density at radius 2 is 2.21 bits per heavy atom. The summed E-state index contributed by atoms with van der Waals surface area (Å²) in [5.74, 6) is 0.495. The molecule has 0 radical (unpaired) electrons. The Kier molecular flexibility index (Phi) is 3.62. The summed E-state index contributed by atoms with van der Waals surface area (Å²) in [6, 6.07) is 0. The zero-order valence-electron chi connectivity index (χ0n) is 8.78. The number of hydrogen-bond acceptors (Lipinski definition) is 4. The monoisotopic (exact) mass is 197 g/mol. The van der Waals surface area contributed by atoms with Gasteiger partial charge >= 0.3 is 5.97 Å². The zero-order valence-corrected chi connectivity index (χ0v) is 8.78. The molecule has 0 spiro atoms. The third-order valence-electron chi connectivity index (χ3n) is 1.67. The number of aryl methyl sites for hydroxylation is 2. The molecule has 1 rings (SSSR count). The molecule has 0 aliphatic heterocycles. The maximum Gasteiger partial charge on any atom is 0.376 e. The normalized spacial score (nSPS) is 10.2. The van der Waals surface area contributed by atoms with Crippen LogP contribution >= 0.6 is 0 Å². The molecule has 0 N–H and O–H groups in total. The van der Waals surface area contributed by atoms with Crippen molar-refractivity contribution in [2.45, 2.75) is 33.7 Å². The second-order valence-corrected chi connectivity index (χ2v) is 2.93. The Morgan fingerprint density at radius 3 is 2.79 bits per heavy atom. The first-order valence-electron chi connectivity index (χ1n) is 4.77. The summed E-state index contributed by atoms with van der Waals surface area (Å²) in [6.45, 7) is 6.60. The number of nitrogens with zero attached hydrogens (tertiary/aromatic N) is 3. The number of carbonyl (C=O) groups excluding carboxylic acids is 1. The molecule has 0 unspecified atom stereocenters. The zero-order chi connectivity index (χ0) is 10.6. The molecule has 0 aromatic carbocycles. The molecule has 0 aliphatic carbocycles. The van der Waals surface area contributed by atoms with Crippen LogP contribution in [0.3, 0.4) is 0 Å². The van der Waals surface area contributed by atoms with E-state index in [1.165, 1.54) is 0 Å². The van der Waals surface area contributed by atoms with Gasteiger partial charge in [-0.05, 0) is 20.3 Å². The standard InChI is InChI=1S/C9H15N3O2/c1-4-6-12-8(9(13)14-5-2)10-7(3)11-12/h4-6H2,1-3H3. The fourth-order valence-electron chi connectivity index (χ4n) is 1.17. The van der Waals surface area contributed by atoms with E-state index in [1.54, 1.807) is 18.5 Å². The molecule has 0 bridgehead atoms. The minimum Gasteiger partial charge on any atom is -0.460 e. The van der Waals surface area contributed by atoms with E-state index in [4.69, 9.17) is 4.74 Å². The van der Waals surface area contributed by atoms with Crippen LogP contribution in [0.1, 0.15) is 36.7 Å².